The lowest BCUT2D eigenvalue weighted by molar-refractivity contribution is -0.146. The summed E-state index contributed by atoms with van der Waals surface area (Å²) in [7, 11) is 0. The second-order valence-electron chi connectivity index (χ2n) is 5.29. The Morgan fingerprint density at radius 3 is 2.77 bits per heavy atom. The predicted octanol–water partition coefficient (Wildman–Crippen LogP) is 2.05. The van der Waals surface area contributed by atoms with Crippen molar-refractivity contribution >= 4 is 5.97 Å². The molecule has 0 spiro atoms. The molecule has 1 saturated heterocycles. The lowest BCUT2D eigenvalue weighted by Crippen LogP contribution is -2.52. The molecule has 0 aliphatic carbocycles. The van der Waals surface area contributed by atoms with E-state index in [9.17, 15) is 4.79 Å². The van der Waals surface area contributed by atoms with Crippen LogP contribution in [0.15, 0.2) is 42.9 Å². The lowest BCUT2D eigenvalue weighted by Gasteiger charge is -2.35. The van der Waals surface area contributed by atoms with Crippen molar-refractivity contribution in [3.63, 3.8) is 0 Å². The number of nitrogens with zero attached hydrogens (tertiary/aromatic N) is 2. The molecule has 112 valence electrons. The summed E-state index contributed by atoms with van der Waals surface area (Å²) in [6, 6.07) is 9.84. The normalized spacial score (nSPS) is 17.1. The number of carbonyl (C=O) groups excluding carboxylic acids is 1. The maximum atomic E-state index is 12.4. The van der Waals surface area contributed by atoms with E-state index in [1.54, 1.807) is 10.9 Å². The number of carbonyl (C=O) groups is 1. The van der Waals surface area contributed by atoms with Crippen molar-refractivity contribution in [1.29, 1.82) is 0 Å². The molecule has 5 nitrogen and oxygen atoms in total. The summed E-state index contributed by atoms with van der Waals surface area (Å²) in [5, 5.41) is 0. The van der Waals surface area contributed by atoms with Gasteiger partial charge in [0.2, 0.25) is 5.60 Å². The largest absolute Gasteiger partial charge is 0.436 e. The smallest absolute Gasteiger partial charge is 0.358 e. The van der Waals surface area contributed by atoms with Crippen LogP contribution in [-0.2, 0) is 9.47 Å². The molecule has 0 unspecified atom stereocenters. The minimum absolute atomic E-state index is 0.0364. The Morgan fingerprint density at radius 1 is 1.45 bits per heavy atom. The Kier molecular flexibility index (Phi) is 3.70. The Morgan fingerprint density at radius 2 is 2.18 bits per heavy atom. The first-order valence-corrected chi connectivity index (χ1v) is 7.01. The highest BCUT2D eigenvalue weighted by atomic mass is 16.6. The molecular weight excluding hydrogens is 280 g/mol. The average molecular weight is 296 g/mol. The molecule has 1 fully saturated rings. The summed E-state index contributed by atoms with van der Waals surface area (Å²) in [4.78, 5) is 16.5. The third-order valence-corrected chi connectivity index (χ3v) is 3.80. The number of hydrogen-bond acceptors (Lipinski definition) is 4. The average Bonchev–Trinajstić information content (AvgIpc) is 3.00. The van der Waals surface area contributed by atoms with Gasteiger partial charge in [0.25, 0.3) is 0 Å². The first kappa shape index (κ1) is 14.4. The molecule has 0 N–H and O–H groups in total. The zero-order chi connectivity index (χ0) is 15.6. The predicted molar refractivity (Wildman–Crippen MR) is 80.3 cm³/mol. The Bertz CT molecular complexity index is 711. The molecule has 22 heavy (non-hydrogen) atoms. The molecule has 0 radical (unpaired) electrons. The fourth-order valence-electron chi connectivity index (χ4n) is 2.35. The van der Waals surface area contributed by atoms with Gasteiger partial charge in [0.15, 0.2) is 0 Å². The Labute approximate surface area is 128 Å². The van der Waals surface area contributed by atoms with Gasteiger partial charge in [-0.3, -0.25) is 0 Å². The summed E-state index contributed by atoms with van der Waals surface area (Å²) in [6.07, 6.45) is 8.54. The summed E-state index contributed by atoms with van der Waals surface area (Å²) < 4.78 is 12.3. The highest BCUT2D eigenvalue weighted by molar-refractivity contribution is 5.88. The van der Waals surface area contributed by atoms with Gasteiger partial charge in [0.1, 0.15) is 18.9 Å². The van der Waals surface area contributed by atoms with Gasteiger partial charge < -0.3 is 14.0 Å². The van der Waals surface area contributed by atoms with Crippen molar-refractivity contribution in [2.75, 3.05) is 13.2 Å². The van der Waals surface area contributed by atoms with E-state index in [0.717, 1.165) is 5.56 Å². The van der Waals surface area contributed by atoms with Gasteiger partial charge in [0.05, 0.1) is 18.6 Å². The molecule has 0 saturated carbocycles. The third kappa shape index (κ3) is 2.49. The lowest BCUT2D eigenvalue weighted by atomic mass is 10.0. The fourth-order valence-corrected chi connectivity index (χ4v) is 2.35. The van der Waals surface area contributed by atoms with Gasteiger partial charge >= 0.3 is 5.97 Å². The summed E-state index contributed by atoms with van der Waals surface area (Å²) in [6.45, 7) is 2.46. The minimum atomic E-state index is -0.942. The van der Waals surface area contributed by atoms with Crippen molar-refractivity contribution in [1.82, 2.24) is 9.55 Å². The van der Waals surface area contributed by atoms with Gasteiger partial charge in [-0.25, -0.2) is 9.78 Å². The van der Waals surface area contributed by atoms with Gasteiger partial charge in [-0.1, -0.05) is 36.3 Å². The molecule has 5 heteroatoms. The van der Waals surface area contributed by atoms with Crippen molar-refractivity contribution in [3.05, 3.63) is 54.1 Å². The van der Waals surface area contributed by atoms with Crippen LogP contribution in [0.2, 0.25) is 0 Å². The quantitative estimate of drug-likeness (QED) is 0.640. The van der Waals surface area contributed by atoms with Gasteiger partial charge in [0, 0.05) is 0 Å². The van der Waals surface area contributed by atoms with Crippen molar-refractivity contribution in [2.45, 2.75) is 18.6 Å². The van der Waals surface area contributed by atoms with E-state index in [0.29, 0.717) is 5.69 Å². The molecule has 1 aromatic heterocycles. The monoisotopic (exact) mass is 296 g/mol. The highest BCUT2D eigenvalue weighted by Crippen LogP contribution is 2.24. The molecule has 1 aliphatic heterocycles. The Balaban J connectivity index is 1.83. The molecule has 3 rings (SSSR count). The molecule has 1 aliphatic rings. The van der Waals surface area contributed by atoms with Crippen LogP contribution in [0, 0.1) is 12.3 Å². The van der Waals surface area contributed by atoms with Crippen molar-refractivity contribution in [2.24, 2.45) is 0 Å². The van der Waals surface area contributed by atoms with Gasteiger partial charge in [-0.2, -0.15) is 0 Å². The number of imidazole rings is 1. The van der Waals surface area contributed by atoms with E-state index < -0.39 is 11.6 Å². The van der Waals surface area contributed by atoms with Crippen LogP contribution in [0.3, 0.4) is 0 Å². The van der Waals surface area contributed by atoms with Crippen LogP contribution in [0.25, 0.3) is 0 Å². The second-order valence-corrected chi connectivity index (χ2v) is 5.29. The minimum Gasteiger partial charge on any atom is -0.436 e. The molecule has 2 aromatic rings. The molecule has 2 heterocycles. The van der Waals surface area contributed by atoms with Crippen molar-refractivity contribution in [3.8, 4) is 12.3 Å². The SMILES string of the molecule is C#CC1(OC(=O)c2cncn2[C@H](C)c2ccccc2)COC1. The van der Waals surface area contributed by atoms with Crippen LogP contribution >= 0.6 is 0 Å². The first-order chi connectivity index (χ1) is 10.7. The maximum absolute atomic E-state index is 12.4. The highest BCUT2D eigenvalue weighted by Gasteiger charge is 2.41. The number of aromatic nitrogens is 2. The van der Waals surface area contributed by atoms with Crippen LogP contribution in [0.4, 0.5) is 0 Å². The van der Waals surface area contributed by atoms with Crippen LogP contribution in [-0.4, -0.2) is 34.3 Å². The molecule has 0 bridgehead atoms. The molecular formula is C17H16N2O3. The number of terminal acetylenes is 1. The number of benzene rings is 1. The van der Waals surface area contributed by atoms with E-state index in [1.807, 2.05) is 37.3 Å². The van der Waals surface area contributed by atoms with E-state index in [4.69, 9.17) is 15.9 Å². The summed E-state index contributed by atoms with van der Waals surface area (Å²) in [5.41, 5.74) is 0.508. The number of ether oxygens (including phenoxy) is 2. The second kappa shape index (κ2) is 5.66. The maximum Gasteiger partial charge on any atom is 0.358 e. The molecule has 1 aromatic carbocycles. The van der Waals surface area contributed by atoms with E-state index >= 15 is 0 Å². The zero-order valence-electron chi connectivity index (χ0n) is 12.2. The van der Waals surface area contributed by atoms with E-state index in [1.165, 1.54) is 6.20 Å². The standard InChI is InChI=1S/C17H16N2O3/c1-3-17(10-21-11-17)22-16(20)15-9-18-12-19(15)13(2)14-7-5-4-6-8-14/h1,4-9,12-13H,10-11H2,2H3/t13-/m1/s1. The topological polar surface area (TPSA) is 53.3 Å². The number of esters is 1. The van der Waals surface area contributed by atoms with Gasteiger partial charge in [-0.15, -0.1) is 6.42 Å². The van der Waals surface area contributed by atoms with E-state index in [-0.39, 0.29) is 19.3 Å². The first-order valence-electron chi connectivity index (χ1n) is 7.01. The van der Waals surface area contributed by atoms with Crippen molar-refractivity contribution < 1.29 is 14.3 Å². The summed E-state index contributed by atoms with van der Waals surface area (Å²) in [5.74, 6) is 2.01. The fraction of sp³-hybridized carbons (Fsp3) is 0.294. The van der Waals surface area contributed by atoms with E-state index in [2.05, 4.69) is 10.9 Å². The summed E-state index contributed by atoms with van der Waals surface area (Å²) >= 11 is 0. The Hall–Kier alpha value is -2.58. The van der Waals surface area contributed by atoms with Crippen LogP contribution in [0.1, 0.15) is 29.0 Å². The van der Waals surface area contributed by atoms with Gasteiger partial charge in [-0.05, 0) is 12.5 Å². The molecule has 1 atom stereocenters. The molecule has 0 amide bonds. The number of hydrogen-bond donors (Lipinski definition) is 0. The zero-order valence-corrected chi connectivity index (χ0v) is 12.2. The van der Waals surface area contributed by atoms with Crippen LogP contribution < -0.4 is 0 Å². The third-order valence-electron chi connectivity index (χ3n) is 3.80. The van der Waals surface area contributed by atoms with Crippen LogP contribution in [0.5, 0.6) is 0 Å². The number of rotatable bonds is 4.